The summed E-state index contributed by atoms with van der Waals surface area (Å²) in [6.07, 6.45) is 5.97. The highest BCUT2D eigenvalue weighted by atomic mass is 32.1. The van der Waals surface area contributed by atoms with Gasteiger partial charge in [-0.2, -0.15) is 20.1 Å². The van der Waals surface area contributed by atoms with Crippen molar-refractivity contribution in [3.8, 4) is 16.9 Å². The Hall–Kier alpha value is -3.83. The van der Waals surface area contributed by atoms with E-state index in [4.69, 9.17) is 4.98 Å². The van der Waals surface area contributed by atoms with Crippen molar-refractivity contribution in [1.29, 1.82) is 0 Å². The van der Waals surface area contributed by atoms with Crippen LogP contribution in [0.4, 0.5) is 8.78 Å². The van der Waals surface area contributed by atoms with Crippen molar-refractivity contribution in [2.45, 2.75) is 25.0 Å². The standard InChI is InChI=1S/C23H19F2N7OS/c1-15(23(33,12-31-14-26-13-29-31)19-7-4-17(24)10-20(19)25)22-30-21(11-34-22)16-2-5-18(6-3-16)32-27-8-9-28-32/h2-11,13-15,33H,12H2,1H3/t15-,23+/m0/s1. The fourth-order valence-electron chi connectivity index (χ4n) is 3.80. The van der Waals surface area contributed by atoms with Gasteiger partial charge in [-0.1, -0.05) is 25.1 Å². The Morgan fingerprint density at radius 3 is 2.50 bits per heavy atom. The van der Waals surface area contributed by atoms with Crippen LogP contribution in [0.15, 0.2) is 72.9 Å². The Balaban J connectivity index is 1.48. The summed E-state index contributed by atoms with van der Waals surface area (Å²) in [7, 11) is 0. The predicted octanol–water partition coefficient (Wildman–Crippen LogP) is 3.95. The SMILES string of the molecule is C[C@@H](c1nc(-c2ccc(-n3nccn3)cc2)cs1)[C@](O)(Cn1cncn1)c1ccc(F)cc1F. The Kier molecular flexibility index (Phi) is 5.72. The van der Waals surface area contributed by atoms with Crippen molar-refractivity contribution in [1.82, 2.24) is 34.7 Å². The molecule has 11 heteroatoms. The van der Waals surface area contributed by atoms with Gasteiger partial charge < -0.3 is 5.11 Å². The second-order valence-electron chi connectivity index (χ2n) is 7.80. The van der Waals surface area contributed by atoms with E-state index in [0.717, 1.165) is 29.1 Å². The van der Waals surface area contributed by atoms with Crippen LogP contribution in [0.5, 0.6) is 0 Å². The third-order valence-electron chi connectivity index (χ3n) is 5.69. The first-order valence-corrected chi connectivity index (χ1v) is 11.2. The largest absolute Gasteiger partial charge is 0.382 e. The van der Waals surface area contributed by atoms with E-state index in [-0.39, 0.29) is 12.1 Å². The fraction of sp³-hybridized carbons (Fsp3) is 0.174. The van der Waals surface area contributed by atoms with Crippen molar-refractivity contribution in [3.63, 3.8) is 0 Å². The number of halogens is 2. The molecular formula is C23H19F2N7OS. The van der Waals surface area contributed by atoms with Gasteiger partial charge in [0, 0.05) is 28.5 Å². The number of nitrogens with zero attached hydrogens (tertiary/aromatic N) is 7. The Labute approximate surface area is 197 Å². The van der Waals surface area contributed by atoms with Gasteiger partial charge in [0.05, 0.1) is 35.3 Å². The molecule has 8 nitrogen and oxygen atoms in total. The molecule has 0 amide bonds. The van der Waals surface area contributed by atoms with Gasteiger partial charge in [0.15, 0.2) is 0 Å². The van der Waals surface area contributed by atoms with Gasteiger partial charge in [-0.05, 0) is 18.2 Å². The van der Waals surface area contributed by atoms with E-state index in [2.05, 4.69) is 20.3 Å². The Morgan fingerprint density at radius 1 is 1.06 bits per heavy atom. The molecule has 0 radical (unpaired) electrons. The van der Waals surface area contributed by atoms with Crippen molar-refractivity contribution in [2.75, 3.05) is 0 Å². The molecule has 0 aliphatic heterocycles. The summed E-state index contributed by atoms with van der Waals surface area (Å²) < 4.78 is 29.8. The molecule has 0 unspecified atom stereocenters. The summed E-state index contributed by atoms with van der Waals surface area (Å²) in [5.74, 6) is -2.20. The highest BCUT2D eigenvalue weighted by Gasteiger charge is 2.41. The molecule has 2 aromatic carbocycles. The lowest BCUT2D eigenvalue weighted by Gasteiger charge is -2.33. The van der Waals surface area contributed by atoms with Gasteiger partial charge in [-0.3, -0.25) is 0 Å². The summed E-state index contributed by atoms with van der Waals surface area (Å²) in [6.45, 7) is 1.67. The van der Waals surface area contributed by atoms with E-state index in [9.17, 15) is 13.9 Å². The maximum atomic E-state index is 14.8. The number of benzene rings is 2. The number of aromatic nitrogens is 7. The van der Waals surface area contributed by atoms with Gasteiger partial charge in [0.2, 0.25) is 0 Å². The molecule has 5 rings (SSSR count). The minimum atomic E-state index is -1.75. The molecule has 0 saturated carbocycles. The topological polar surface area (TPSA) is 94.5 Å². The van der Waals surface area contributed by atoms with Gasteiger partial charge in [0.25, 0.3) is 0 Å². The van der Waals surface area contributed by atoms with Crippen molar-refractivity contribution >= 4 is 11.3 Å². The van der Waals surface area contributed by atoms with Crippen LogP contribution in [0.3, 0.4) is 0 Å². The molecule has 0 aliphatic rings. The first-order chi connectivity index (χ1) is 16.4. The number of thiazole rings is 1. The molecule has 172 valence electrons. The minimum absolute atomic E-state index is 0.0373. The number of hydrogen-bond donors (Lipinski definition) is 1. The van der Waals surface area contributed by atoms with Crippen molar-refractivity contribution in [3.05, 3.63) is 95.1 Å². The molecule has 0 saturated heterocycles. The fourth-order valence-corrected chi connectivity index (χ4v) is 4.77. The Bertz CT molecular complexity index is 1390. The number of aliphatic hydroxyl groups is 1. The molecule has 3 aromatic heterocycles. The van der Waals surface area contributed by atoms with E-state index >= 15 is 0 Å². The van der Waals surface area contributed by atoms with Crippen LogP contribution in [-0.2, 0) is 12.1 Å². The lowest BCUT2D eigenvalue weighted by Crippen LogP contribution is -2.38. The normalized spacial score (nSPS) is 14.1. The summed E-state index contributed by atoms with van der Waals surface area (Å²) in [5.41, 5.74) is 0.611. The van der Waals surface area contributed by atoms with Crippen LogP contribution in [-0.4, -0.2) is 39.8 Å². The van der Waals surface area contributed by atoms with Gasteiger partial charge in [-0.15, -0.1) is 11.3 Å². The quantitative estimate of drug-likeness (QED) is 0.380. The van der Waals surface area contributed by atoms with Gasteiger partial charge in [-0.25, -0.2) is 23.4 Å². The van der Waals surface area contributed by atoms with E-state index in [1.807, 2.05) is 29.6 Å². The lowest BCUT2D eigenvalue weighted by atomic mass is 9.82. The molecule has 0 aliphatic carbocycles. The van der Waals surface area contributed by atoms with Crippen LogP contribution < -0.4 is 0 Å². The average molecular weight is 480 g/mol. The zero-order valence-electron chi connectivity index (χ0n) is 18.0. The molecule has 5 aromatic rings. The highest BCUT2D eigenvalue weighted by Crippen LogP contribution is 2.41. The summed E-state index contributed by atoms with van der Waals surface area (Å²) in [4.78, 5) is 10.1. The summed E-state index contributed by atoms with van der Waals surface area (Å²) >= 11 is 1.35. The van der Waals surface area contributed by atoms with Crippen LogP contribution in [0.1, 0.15) is 23.4 Å². The summed E-state index contributed by atoms with van der Waals surface area (Å²) in [6, 6.07) is 10.7. The van der Waals surface area contributed by atoms with Crippen LogP contribution in [0.2, 0.25) is 0 Å². The molecule has 1 N–H and O–H groups in total. The summed E-state index contributed by atoms with van der Waals surface area (Å²) in [5, 5.41) is 26.5. The smallest absolute Gasteiger partial charge is 0.137 e. The minimum Gasteiger partial charge on any atom is -0.382 e. The zero-order valence-corrected chi connectivity index (χ0v) is 18.8. The number of rotatable bonds is 7. The third-order valence-corrected chi connectivity index (χ3v) is 6.72. The molecule has 34 heavy (non-hydrogen) atoms. The average Bonchev–Trinajstić information content (AvgIpc) is 3.61. The Morgan fingerprint density at radius 2 is 1.82 bits per heavy atom. The second kappa shape index (κ2) is 8.84. The zero-order chi connectivity index (χ0) is 23.7. The van der Waals surface area contributed by atoms with E-state index in [0.29, 0.717) is 5.01 Å². The second-order valence-corrected chi connectivity index (χ2v) is 8.69. The number of hydrogen-bond acceptors (Lipinski definition) is 7. The monoisotopic (exact) mass is 479 g/mol. The first-order valence-electron chi connectivity index (χ1n) is 10.4. The molecule has 3 heterocycles. The third kappa shape index (κ3) is 4.11. The van der Waals surface area contributed by atoms with Crippen molar-refractivity contribution < 1.29 is 13.9 Å². The van der Waals surface area contributed by atoms with Gasteiger partial charge in [0.1, 0.15) is 29.9 Å². The first kappa shape index (κ1) is 22.0. The van der Waals surface area contributed by atoms with E-state index in [1.54, 1.807) is 19.3 Å². The maximum absolute atomic E-state index is 14.8. The van der Waals surface area contributed by atoms with Crippen LogP contribution in [0, 0.1) is 11.6 Å². The molecule has 0 fully saturated rings. The molecule has 0 spiro atoms. The van der Waals surface area contributed by atoms with Crippen LogP contribution in [0.25, 0.3) is 16.9 Å². The highest BCUT2D eigenvalue weighted by molar-refractivity contribution is 7.10. The van der Waals surface area contributed by atoms with E-state index < -0.39 is 23.2 Å². The maximum Gasteiger partial charge on any atom is 0.137 e. The van der Waals surface area contributed by atoms with Crippen LogP contribution >= 0.6 is 11.3 Å². The molecular weight excluding hydrogens is 460 g/mol. The lowest BCUT2D eigenvalue weighted by molar-refractivity contribution is -0.0112. The van der Waals surface area contributed by atoms with Gasteiger partial charge >= 0.3 is 0 Å². The predicted molar refractivity (Wildman–Crippen MR) is 121 cm³/mol. The van der Waals surface area contributed by atoms with Crippen molar-refractivity contribution in [2.24, 2.45) is 0 Å². The molecule has 2 atom stereocenters. The van der Waals surface area contributed by atoms with E-state index in [1.165, 1.54) is 39.5 Å². The molecule has 0 bridgehead atoms.